The molecule has 1 saturated carbocycles. The first kappa shape index (κ1) is 15.7. The number of fused-ring (bicyclic) bond motifs is 3. The van der Waals surface area contributed by atoms with Gasteiger partial charge in [-0.15, -0.1) is 0 Å². The molecule has 0 saturated heterocycles. The van der Waals surface area contributed by atoms with Crippen molar-refractivity contribution in [3.63, 3.8) is 0 Å². The Morgan fingerprint density at radius 2 is 1.69 bits per heavy atom. The summed E-state index contributed by atoms with van der Waals surface area (Å²) in [7, 11) is 2.18. The minimum atomic E-state index is 0.758. The summed E-state index contributed by atoms with van der Waals surface area (Å²) in [6.07, 6.45) is 8.61. The van der Waals surface area contributed by atoms with Crippen molar-refractivity contribution in [2.45, 2.75) is 44.9 Å². The fourth-order valence-electron chi connectivity index (χ4n) is 4.95. The normalized spacial score (nSPS) is 15.9. The molecule has 0 spiro atoms. The van der Waals surface area contributed by atoms with Crippen LogP contribution in [0, 0.1) is 6.92 Å². The summed E-state index contributed by atoms with van der Waals surface area (Å²) in [5, 5.41) is 0. The summed E-state index contributed by atoms with van der Waals surface area (Å²) < 4.78 is 2.32. The lowest BCUT2D eigenvalue weighted by atomic mass is 9.90. The van der Waals surface area contributed by atoms with Gasteiger partial charge >= 0.3 is 5.82 Å². The lowest BCUT2D eigenvalue weighted by molar-refractivity contribution is -0.669. The summed E-state index contributed by atoms with van der Waals surface area (Å²) in [6, 6.07) is 15.4. The zero-order valence-electron chi connectivity index (χ0n) is 15.6. The Bertz CT molecular complexity index is 997. The Labute approximate surface area is 155 Å². The van der Waals surface area contributed by atoms with Gasteiger partial charge in [0, 0.05) is 6.42 Å². The van der Waals surface area contributed by atoms with E-state index in [-0.39, 0.29) is 0 Å². The summed E-state index contributed by atoms with van der Waals surface area (Å²) in [5.41, 5.74) is 9.77. The summed E-state index contributed by atoms with van der Waals surface area (Å²) in [4.78, 5) is 4.87. The fraction of sp³-hybridized carbons (Fsp3) is 0.333. The summed E-state index contributed by atoms with van der Waals surface area (Å²) in [5.74, 6) is 1.82. The van der Waals surface area contributed by atoms with Crippen molar-refractivity contribution in [2.24, 2.45) is 7.05 Å². The van der Waals surface area contributed by atoms with Crippen LogP contribution in [0.2, 0.25) is 0 Å². The molecule has 1 aromatic heterocycles. The van der Waals surface area contributed by atoms with E-state index in [1.54, 1.807) is 11.1 Å². The number of hydrogen-bond donors (Lipinski definition) is 0. The monoisotopic (exact) mass is 341 g/mol. The molecule has 0 radical (unpaired) electrons. The smallest absolute Gasteiger partial charge is 0.229 e. The second-order valence-corrected chi connectivity index (χ2v) is 7.85. The van der Waals surface area contributed by atoms with E-state index < -0.39 is 0 Å². The van der Waals surface area contributed by atoms with Gasteiger partial charge in [-0.3, -0.25) is 0 Å². The molecule has 26 heavy (non-hydrogen) atoms. The van der Waals surface area contributed by atoms with E-state index >= 15 is 0 Å². The van der Waals surface area contributed by atoms with E-state index in [1.807, 2.05) is 0 Å². The molecule has 0 aliphatic heterocycles. The Kier molecular flexibility index (Phi) is 3.66. The number of rotatable bonds is 2. The molecule has 2 nitrogen and oxygen atoms in total. The van der Waals surface area contributed by atoms with Gasteiger partial charge in [0.1, 0.15) is 5.69 Å². The van der Waals surface area contributed by atoms with Crippen molar-refractivity contribution in [1.82, 2.24) is 4.98 Å². The van der Waals surface area contributed by atoms with Crippen molar-refractivity contribution in [3.8, 4) is 22.5 Å². The van der Waals surface area contributed by atoms with Crippen LogP contribution in [0.1, 0.15) is 54.0 Å². The first-order chi connectivity index (χ1) is 12.7. The van der Waals surface area contributed by atoms with Crippen LogP contribution in [0.5, 0.6) is 0 Å². The van der Waals surface area contributed by atoms with Gasteiger partial charge in [-0.1, -0.05) is 49.2 Å². The van der Waals surface area contributed by atoms with Crippen LogP contribution >= 0.6 is 0 Å². The maximum atomic E-state index is 4.87. The highest BCUT2D eigenvalue weighted by Crippen LogP contribution is 2.43. The third kappa shape index (κ3) is 2.32. The van der Waals surface area contributed by atoms with Gasteiger partial charge in [-0.2, -0.15) is 0 Å². The molecule has 3 aromatic rings. The number of nitrogens with zero attached hydrogens (tertiary/aromatic N) is 2. The average Bonchev–Trinajstić information content (AvgIpc) is 3.31. The Balaban J connectivity index is 1.63. The molecule has 2 aromatic carbocycles. The zero-order chi connectivity index (χ0) is 17.7. The van der Waals surface area contributed by atoms with Crippen LogP contribution in [-0.4, -0.2) is 4.98 Å². The highest BCUT2D eigenvalue weighted by atomic mass is 15.0. The van der Waals surface area contributed by atoms with Crippen LogP contribution in [-0.2, 0) is 13.5 Å². The molecule has 2 aliphatic rings. The van der Waals surface area contributed by atoms with E-state index in [4.69, 9.17) is 4.98 Å². The van der Waals surface area contributed by atoms with Crippen LogP contribution in [0.3, 0.4) is 0 Å². The fourth-order valence-corrected chi connectivity index (χ4v) is 4.95. The molecule has 2 aliphatic carbocycles. The summed E-state index contributed by atoms with van der Waals surface area (Å²) >= 11 is 0. The predicted molar refractivity (Wildman–Crippen MR) is 105 cm³/mol. The van der Waals surface area contributed by atoms with Crippen molar-refractivity contribution < 1.29 is 4.57 Å². The van der Waals surface area contributed by atoms with E-state index in [0.29, 0.717) is 0 Å². The third-order valence-electron chi connectivity index (χ3n) is 6.38. The standard InChI is InChI=1S/C24H25N2/c1-16-8-3-6-11-18(16)24-25-15-22-20-13-7-12-19(17-9-4-5-10-17)21(20)14-23(22)26(24)2/h3,6-8,11-13,15,17H,4-5,9-10,14H2,1-2H3/q+1. The third-order valence-corrected chi connectivity index (χ3v) is 6.38. The van der Waals surface area contributed by atoms with Gasteiger partial charge in [-0.05, 0) is 59.0 Å². The SMILES string of the molecule is Cc1ccccc1-c1ncc2c([n+]1C)Cc1c-2cccc1C1CCCC1. The van der Waals surface area contributed by atoms with Crippen LogP contribution < -0.4 is 4.57 Å². The molecular formula is C24H25N2+. The minimum absolute atomic E-state index is 0.758. The van der Waals surface area contributed by atoms with Gasteiger partial charge < -0.3 is 0 Å². The minimum Gasteiger partial charge on any atom is -0.229 e. The molecule has 0 N–H and O–H groups in total. The molecule has 1 fully saturated rings. The van der Waals surface area contributed by atoms with Crippen molar-refractivity contribution in [2.75, 3.05) is 0 Å². The van der Waals surface area contributed by atoms with Crippen molar-refractivity contribution in [3.05, 3.63) is 71.0 Å². The molecule has 1 heterocycles. The van der Waals surface area contributed by atoms with Gasteiger partial charge in [0.05, 0.1) is 18.2 Å². The quantitative estimate of drug-likeness (QED) is 0.463. The Morgan fingerprint density at radius 1 is 0.923 bits per heavy atom. The van der Waals surface area contributed by atoms with E-state index in [2.05, 4.69) is 67.2 Å². The predicted octanol–water partition coefficient (Wildman–Crippen LogP) is 5.11. The van der Waals surface area contributed by atoms with Crippen LogP contribution in [0.25, 0.3) is 22.5 Å². The maximum absolute atomic E-state index is 4.87. The topological polar surface area (TPSA) is 16.8 Å². The van der Waals surface area contributed by atoms with Crippen molar-refractivity contribution >= 4 is 0 Å². The molecule has 5 rings (SSSR count). The lowest BCUT2D eigenvalue weighted by Gasteiger charge is -2.14. The molecule has 0 bridgehead atoms. The van der Waals surface area contributed by atoms with Crippen LogP contribution in [0.15, 0.2) is 48.7 Å². The first-order valence-electron chi connectivity index (χ1n) is 9.80. The van der Waals surface area contributed by atoms with Crippen LogP contribution in [0.4, 0.5) is 0 Å². The largest absolute Gasteiger partial charge is 0.330 e. The van der Waals surface area contributed by atoms with E-state index in [1.165, 1.54) is 53.6 Å². The Hall–Kier alpha value is -2.48. The number of aromatic nitrogens is 2. The van der Waals surface area contributed by atoms with Gasteiger partial charge in [0.25, 0.3) is 0 Å². The highest BCUT2D eigenvalue weighted by molar-refractivity contribution is 5.76. The summed E-state index contributed by atoms with van der Waals surface area (Å²) in [6.45, 7) is 2.16. The van der Waals surface area contributed by atoms with Gasteiger partial charge in [0.15, 0.2) is 6.20 Å². The number of benzene rings is 2. The first-order valence-corrected chi connectivity index (χ1v) is 9.80. The second kappa shape index (κ2) is 6.05. The number of hydrogen-bond acceptors (Lipinski definition) is 1. The van der Waals surface area contributed by atoms with Gasteiger partial charge in [0.2, 0.25) is 0 Å². The highest BCUT2D eigenvalue weighted by Gasteiger charge is 2.32. The molecule has 0 unspecified atom stereocenters. The number of aryl methyl sites for hydroxylation is 1. The molecule has 0 amide bonds. The zero-order valence-corrected chi connectivity index (χ0v) is 15.6. The van der Waals surface area contributed by atoms with E-state index in [9.17, 15) is 0 Å². The van der Waals surface area contributed by atoms with E-state index in [0.717, 1.165) is 18.2 Å². The lowest BCUT2D eigenvalue weighted by Crippen LogP contribution is -2.37. The second-order valence-electron chi connectivity index (χ2n) is 7.85. The molecular weight excluding hydrogens is 316 g/mol. The average molecular weight is 341 g/mol. The Morgan fingerprint density at radius 3 is 2.50 bits per heavy atom. The maximum Gasteiger partial charge on any atom is 0.330 e. The van der Waals surface area contributed by atoms with Crippen molar-refractivity contribution in [1.29, 1.82) is 0 Å². The molecule has 2 heteroatoms. The molecule has 130 valence electrons. The van der Waals surface area contributed by atoms with Gasteiger partial charge in [-0.25, -0.2) is 4.57 Å². The molecule has 0 atom stereocenters.